The van der Waals surface area contributed by atoms with Gasteiger partial charge in [-0.15, -0.1) is 11.3 Å². The monoisotopic (exact) mass is 856 g/mol. The van der Waals surface area contributed by atoms with Crippen LogP contribution in [0.25, 0.3) is 87.2 Å². The van der Waals surface area contributed by atoms with Gasteiger partial charge in [-0.3, -0.25) is 4.40 Å². The van der Waals surface area contributed by atoms with Gasteiger partial charge in [-0.25, -0.2) is 8.42 Å². The molecule has 0 saturated heterocycles. The first-order valence-electron chi connectivity index (χ1n) is 21.9. The maximum Gasteiger partial charge on any atom is 0.207 e. The van der Waals surface area contributed by atoms with Gasteiger partial charge in [0.1, 0.15) is 4.83 Å². The highest BCUT2D eigenvalue weighted by atomic mass is 32.2. The van der Waals surface area contributed by atoms with E-state index < -0.39 is 15.3 Å². The summed E-state index contributed by atoms with van der Waals surface area (Å²) in [6.07, 6.45) is 0. The molecule has 0 aliphatic carbocycles. The molecule has 0 spiro atoms. The number of hydrogen-bond acceptors (Lipinski definition) is 3. The lowest BCUT2D eigenvalue weighted by molar-refractivity contribution is 0.555. The molecule has 11 aromatic rings. The van der Waals surface area contributed by atoms with Crippen LogP contribution in [0.5, 0.6) is 0 Å². The lowest BCUT2D eigenvalue weighted by Gasteiger charge is -2.35. The minimum atomic E-state index is -3.80. The lowest BCUT2D eigenvalue weighted by Crippen LogP contribution is -2.30. The first-order valence-corrected chi connectivity index (χ1v) is 24.3. The molecular weight excluding hydrogens is 809 g/mol. The molecule has 7 aromatic carbocycles. The molecule has 0 amide bonds. The van der Waals surface area contributed by atoms with Gasteiger partial charge in [0.15, 0.2) is 0 Å². The molecule has 0 N–H and O–H groups in total. The Kier molecular flexibility index (Phi) is 7.76. The van der Waals surface area contributed by atoms with Crippen molar-refractivity contribution in [2.24, 2.45) is 0 Å². The van der Waals surface area contributed by atoms with Crippen LogP contribution in [-0.2, 0) is 26.1 Å². The average molecular weight is 857 g/mol. The van der Waals surface area contributed by atoms with Gasteiger partial charge < -0.3 is 4.57 Å². The second kappa shape index (κ2) is 12.7. The zero-order valence-corrected chi connectivity index (χ0v) is 38.5. The number of nitrogens with zero attached hydrogens (tertiary/aromatic N) is 2. The molecule has 0 bridgehead atoms. The van der Waals surface area contributed by atoms with Crippen LogP contribution in [0, 0.1) is 0 Å². The van der Waals surface area contributed by atoms with Crippen LogP contribution in [0.1, 0.15) is 77.6 Å². The molecule has 1 aliphatic rings. The molecule has 12 rings (SSSR count). The van der Waals surface area contributed by atoms with Crippen molar-refractivity contribution in [2.45, 2.75) is 81.4 Å². The number of rotatable bonds is 3. The quantitative estimate of drug-likeness (QED) is 0.178. The normalized spacial score (nSPS) is 15.0. The van der Waals surface area contributed by atoms with Crippen molar-refractivity contribution in [3.8, 4) is 27.9 Å². The molecule has 5 heterocycles. The van der Waals surface area contributed by atoms with Crippen LogP contribution in [0.15, 0.2) is 155 Å². The van der Waals surface area contributed by atoms with Crippen LogP contribution in [0.2, 0.25) is 0 Å². The van der Waals surface area contributed by atoms with Crippen molar-refractivity contribution in [3.63, 3.8) is 0 Å². The number of benzene rings is 7. The second-order valence-electron chi connectivity index (χ2n) is 20.3. The van der Waals surface area contributed by atoms with E-state index in [9.17, 15) is 8.42 Å². The highest BCUT2D eigenvalue weighted by Gasteiger charge is 2.41. The summed E-state index contributed by atoms with van der Waals surface area (Å²) in [5.74, 6) is 0. The molecule has 0 unspecified atom stereocenters. The van der Waals surface area contributed by atoms with Crippen LogP contribution in [-0.4, -0.2) is 17.4 Å². The lowest BCUT2D eigenvalue weighted by atomic mass is 9.76. The van der Waals surface area contributed by atoms with Gasteiger partial charge in [-0.1, -0.05) is 110 Å². The summed E-state index contributed by atoms with van der Waals surface area (Å²) >= 11 is 1.79. The Balaban J connectivity index is 0.991. The predicted octanol–water partition coefficient (Wildman–Crippen LogP) is 15.4. The van der Waals surface area contributed by atoms with E-state index in [1.54, 1.807) is 11.3 Å². The first kappa shape index (κ1) is 38.5. The summed E-state index contributed by atoms with van der Waals surface area (Å²) in [7, 11) is -3.80. The van der Waals surface area contributed by atoms with E-state index in [-0.39, 0.29) is 10.8 Å². The third kappa shape index (κ3) is 5.41. The van der Waals surface area contributed by atoms with E-state index in [1.807, 2.05) is 24.3 Å². The summed E-state index contributed by atoms with van der Waals surface area (Å²) in [5.41, 5.74) is 13.6. The SMILES string of the molecule is CC(C)(C)c1ccc2c(c1)c1cc(C(C)(C)C)ccc1n2-c1ccc2c(c1)C(C)(C)c1cc(-c3cccc(-c4cc5c6ccccc6n6c7sccc7c(c4)c56)c3)ccc1S2(=O)=O. The van der Waals surface area contributed by atoms with Gasteiger partial charge in [0.05, 0.1) is 31.9 Å². The number of aromatic nitrogens is 2. The Bertz CT molecular complexity index is 3790. The molecule has 4 nitrogen and oxygen atoms in total. The van der Waals surface area contributed by atoms with Crippen molar-refractivity contribution in [1.82, 2.24) is 8.97 Å². The highest BCUT2D eigenvalue weighted by Crippen LogP contribution is 2.49. The standard InChI is InChI=1S/C57H48N2O2S2/c1-55(2,3)37-17-20-49-42(30-37)43-31-38(56(4,5)6)18-21-50(43)58(49)39-19-23-52-47(32-39)57(7,8)46-29-35(16-22-51(46)63(52,60)61)33-12-11-13-34(26-33)36-27-44-40-14-9-10-15-48(40)59-53(44)45(28-36)41-24-25-62-54(41)59/h9-32H,1-8H3. The summed E-state index contributed by atoms with van der Waals surface area (Å²) in [4.78, 5) is 2.04. The predicted molar refractivity (Wildman–Crippen MR) is 266 cm³/mol. The average Bonchev–Trinajstić information content (AvgIpc) is 4.03. The largest absolute Gasteiger partial charge is 0.309 e. The molecule has 0 atom stereocenters. The van der Waals surface area contributed by atoms with E-state index in [4.69, 9.17) is 0 Å². The molecule has 0 radical (unpaired) electrons. The van der Waals surface area contributed by atoms with Gasteiger partial charge in [0.25, 0.3) is 0 Å². The van der Waals surface area contributed by atoms with Crippen LogP contribution in [0.3, 0.4) is 0 Å². The molecule has 0 saturated carbocycles. The van der Waals surface area contributed by atoms with Crippen LogP contribution >= 0.6 is 11.3 Å². The summed E-state index contributed by atoms with van der Waals surface area (Å²) in [6, 6.07) is 49.9. The van der Waals surface area contributed by atoms with Crippen LogP contribution in [0.4, 0.5) is 0 Å². The Morgan fingerprint density at radius 2 is 1.08 bits per heavy atom. The molecule has 1 aliphatic heterocycles. The van der Waals surface area contributed by atoms with Gasteiger partial charge >= 0.3 is 0 Å². The minimum absolute atomic E-state index is 0.0101. The number of thiophene rings is 1. The van der Waals surface area contributed by atoms with Gasteiger partial charge in [0, 0.05) is 43.4 Å². The van der Waals surface area contributed by atoms with Crippen molar-refractivity contribution in [1.29, 1.82) is 0 Å². The van der Waals surface area contributed by atoms with E-state index in [2.05, 4.69) is 185 Å². The number of sulfone groups is 1. The van der Waals surface area contributed by atoms with E-state index in [1.165, 1.54) is 59.3 Å². The molecule has 63 heavy (non-hydrogen) atoms. The zero-order valence-electron chi connectivity index (χ0n) is 36.9. The Labute approximate surface area is 372 Å². The molecule has 0 fully saturated rings. The van der Waals surface area contributed by atoms with Crippen molar-refractivity contribution in [2.75, 3.05) is 0 Å². The van der Waals surface area contributed by atoms with Gasteiger partial charge in [-0.2, -0.15) is 0 Å². The maximum absolute atomic E-state index is 14.7. The molecule has 6 heteroatoms. The number of para-hydroxylation sites is 1. The summed E-state index contributed by atoms with van der Waals surface area (Å²) < 4.78 is 34.1. The number of fused-ring (bicyclic) bond motifs is 11. The third-order valence-corrected chi connectivity index (χ3v) is 16.8. The molecular formula is C57H48N2O2S2. The summed E-state index contributed by atoms with van der Waals surface area (Å²) in [6.45, 7) is 17.9. The zero-order chi connectivity index (χ0) is 43.5. The maximum atomic E-state index is 14.7. The highest BCUT2D eigenvalue weighted by molar-refractivity contribution is 7.91. The topological polar surface area (TPSA) is 43.5 Å². The second-order valence-corrected chi connectivity index (χ2v) is 23.1. The van der Waals surface area contributed by atoms with E-state index in [0.717, 1.165) is 50.1 Å². The van der Waals surface area contributed by atoms with Crippen molar-refractivity contribution in [3.05, 3.63) is 167 Å². The first-order chi connectivity index (χ1) is 30.0. The van der Waals surface area contributed by atoms with Gasteiger partial charge in [-0.05, 0) is 146 Å². The van der Waals surface area contributed by atoms with Gasteiger partial charge in [0.2, 0.25) is 9.84 Å². The van der Waals surface area contributed by atoms with E-state index >= 15 is 0 Å². The Hall–Kier alpha value is -6.21. The molecule has 310 valence electrons. The van der Waals surface area contributed by atoms with Crippen LogP contribution < -0.4 is 0 Å². The smallest absolute Gasteiger partial charge is 0.207 e. The summed E-state index contributed by atoms with van der Waals surface area (Å²) in [5, 5.41) is 9.67. The Morgan fingerprint density at radius 1 is 0.492 bits per heavy atom. The fraction of sp³-hybridized carbons (Fsp3) is 0.193. The Morgan fingerprint density at radius 3 is 1.75 bits per heavy atom. The third-order valence-electron chi connectivity index (χ3n) is 14.1. The van der Waals surface area contributed by atoms with Crippen molar-refractivity contribution >= 4 is 80.4 Å². The number of hydrogen-bond donors (Lipinski definition) is 0. The van der Waals surface area contributed by atoms with Crippen molar-refractivity contribution < 1.29 is 8.42 Å². The van der Waals surface area contributed by atoms with E-state index in [0.29, 0.717) is 9.79 Å². The fourth-order valence-electron chi connectivity index (χ4n) is 10.5. The minimum Gasteiger partial charge on any atom is -0.309 e. The molecule has 4 aromatic heterocycles. The fourth-order valence-corrected chi connectivity index (χ4v) is 13.4.